The summed E-state index contributed by atoms with van der Waals surface area (Å²) in [6.07, 6.45) is 0. The Hall–Kier alpha value is -5.14. The molecule has 1 heteroatoms. The van der Waals surface area contributed by atoms with Gasteiger partial charge in [0, 0.05) is 16.5 Å². The van der Waals surface area contributed by atoms with E-state index in [2.05, 4.69) is 157 Å². The predicted octanol–water partition coefficient (Wildman–Crippen LogP) is 10.7. The fourth-order valence-electron chi connectivity index (χ4n) is 6.19. The molecular weight excluding hydrogens is 482 g/mol. The molecule has 8 rings (SSSR count). The molecule has 0 N–H and O–H groups in total. The van der Waals surface area contributed by atoms with Crippen molar-refractivity contribution in [3.05, 3.63) is 151 Å². The van der Waals surface area contributed by atoms with E-state index < -0.39 is 0 Å². The molecule has 0 spiro atoms. The van der Waals surface area contributed by atoms with Gasteiger partial charge in [0.15, 0.2) is 0 Å². The highest BCUT2D eigenvalue weighted by atomic mass is 15.0. The SMILES string of the molecule is Cc1ccc(-n2c3ccc(-c4ccc5ccccc5c4)cc3c3cc(-c4cccc5ccccc45)ccc32)cc1. The number of nitrogens with zero attached hydrogens (tertiary/aromatic N) is 1. The first-order valence-corrected chi connectivity index (χ1v) is 13.9. The Kier molecular flexibility index (Phi) is 5.11. The van der Waals surface area contributed by atoms with Crippen molar-refractivity contribution in [2.24, 2.45) is 0 Å². The molecule has 1 aromatic heterocycles. The van der Waals surface area contributed by atoms with Crippen molar-refractivity contribution in [2.75, 3.05) is 0 Å². The Labute approximate surface area is 233 Å². The van der Waals surface area contributed by atoms with Crippen LogP contribution in [0.15, 0.2) is 146 Å². The van der Waals surface area contributed by atoms with Crippen LogP contribution >= 0.6 is 0 Å². The van der Waals surface area contributed by atoms with Gasteiger partial charge in [-0.3, -0.25) is 0 Å². The van der Waals surface area contributed by atoms with Crippen LogP contribution in [0.4, 0.5) is 0 Å². The first kappa shape index (κ1) is 22.8. The Balaban J connectivity index is 1.40. The number of aryl methyl sites for hydroxylation is 1. The van der Waals surface area contributed by atoms with E-state index in [9.17, 15) is 0 Å². The molecule has 0 aliphatic carbocycles. The van der Waals surface area contributed by atoms with Gasteiger partial charge in [-0.2, -0.15) is 0 Å². The summed E-state index contributed by atoms with van der Waals surface area (Å²) in [6.45, 7) is 2.14. The van der Waals surface area contributed by atoms with E-state index in [1.165, 1.54) is 76.9 Å². The summed E-state index contributed by atoms with van der Waals surface area (Å²) >= 11 is 0. The van der Waals surface area contributed by atoms with Crippen molar-refractivity contribution in [3.8, 4) is 27.9 Å². The standard InChI is InChI=1S/C39H27N/c1-26-13-19-33(20-14-26)40-38-21-17-31(30-16-15-27-7-2-3-9-29(27)23-30)24-36(38)37-25-32(18-22-39(37)40)35-12-6-10-28-8-4-5-11-34(28)35/h2-25H,1H3. The largest absolute Gasteiger partial charge is 0.309 e. The lowest BCUT2D eigenvalue weighted by atomic mass is 9.96. The topological polar surface area (TPSA) is 4.93 Å². The smallest absolute Gasteiger partial charge is 0.0541 e. The third-order valence-electron chi connectivity index (χ3n) is 8.24. The molecular formula is C39H27N. The number of aromatic nitrogens is 1. The van der Waals surface area contributed by atoms with E-state index in [-0.39, 0.29) is 0 Å². The van der Waals surface area contributed by atoms with Crippen LogP contribution in [0, 0.1) is 6.92 Å². The van der Waals surface area contributed by atoms with Gasteiger partial charge < -0.3 is 4.57 Å². The van der Waals surface area contributed by atoms with Gasteiger partial charge in [0.25, 0.3) is 0 Å². The minimum Gasteiger partial charge on any atom is -0.309 e. The Bertz CT molecular complexity index is 2210. The Morgan fingerprint density at radius 3 is 1.80 bits per heavy atom. The van der Waals surface area contributed by atoms with Crippen molar-refractivity contribution < 1.29 is 0 Å². The maximum absolute atomic E-state index is 2.40. The lowest BCUT2D eigenvalue weighted by Crippen LogP contribution is -1.93. The maximum Gasteiger partial charge on any atom is 0.0541 e. The summed E-state index contributed by atoms with van der Waals surface area (Å²) in [5.74, 6) is 0. The molecule has 0 atom stereocenters. The van der Waals surface area contributed by atoms with Crippen LogP contribution in [0.2, 0.25) is 0 Å². The zero-order chi connectivity index (χ0) is 26.6. The summed E-state index contributed by atoms with van der Waals surface area (Å²) in [7, 11) is 0. The van der Waals surface area contributed by atoms with E-state index >= 15 is 0 Å². The second kappa shape index (κ2) is 8.97. The van der Waals surface area contributed by atoms with Crippen molar-refractivity contribution in [1.82, 2.24) is 4.57 Å². The summed E-state index contributed by atoms with van der Waals surface area (Å²) in [5, 5.41) is 7.61. The molecule has 188 valence electrons. The lowest BCUT2D eigenvalue weighted by molar-refractivity contribution is 1.17. The molecule has 0 saturated heterocycles. The molecule has 1 nitrogen and oxygen atoms in total. The molecule has 40 heavy (non-hydrogen) atoms. The molecule has 1 heterocycles. The fraction of sp³-hybridized carbons (Fsp3) is 0.0256. The van der Waals surface area contributed by atoms with Crippen molar-refractivity contribution >= 4 is 43.4 Å². The zero-order valence-corrected chi connectivity index (χ0v) is 22.3. The molecule has 7 aromatic carbocycles. The van der Waals surface area contributed by atoms with Crippen molar-refractivity contribution in [3.63, 3.8) is 0 Å². The average molecular weight is 510 g/mol. The second-order valence-electron chi connectivity index (χ2n) is 10.7. The van der Waals surface area contributed by atoms with Crippen LogP contribution in [0.1, 0.15) is 5.56 Å². The van der Waals surface area contributed by atoms with Gasteiger partial charge in [0.1, 0.15) is 0 Å². The molecule has 0 aliphatic heterocycles. The van der Waals surface area contributed by atoms with Crippen molar-refractivity contribution in [2.45, 2.75) is 6.92 Å². The van der Waals surface area contributed by atoms with Crippen molar-refractivity contribution in [1.29, 1.82) is 0 Å². The van der Waals surface area contributed by atoms with E-state index in [0.29, 0.717) is 0 Å². The average Bonchev–Trinajstić information content (AvgIpc) is 3.34. The number of rotatable bonds is 3. The highest BCUT2D eigenvalue weighted by molar-refractivity contribution is 6.12. The molecule has 8 aromatic rings. The zero-order valence-electron chi connectivity index (χ0n) is 22.3. The monoisotopic (exact) mass is 509 g/mol. The highest BCUT2D eigenvalue weighted by Crippen LogP contribution is 2.38. The third-order valence-corrected chi connectivity index (χ3v) is 8.24. The van der Waals surface area contributed by atoms with Crippen LogP contribution in [-0.4, -0.2) is 4.57 Å². The Morgan fingerprint density at radius 2 is 1.00 bits per heavy atom. The minimum absolute atomic E-state index is 1.18. The second-order valence-corrected chi connectivity index (χ2v) is 10.7. The van der Waals surface area contributed by atoms with E-state index in [4.69, 9.17) is 0 Å². The van der Waals surface area contributed by atoms with E-state index in [1.54, 1.807) is 0 Å². The predicted molar refractivity (Wildman–Crippen MR) is 171 cm³/mol. The van der Waals surface area contributed by atoms with Gasteiger partial charge in [-0.1, -0.05) is 109 Å². The molecule has 0 fully saturated rings. The quantitative estimate of drug-likeness (QED) is 0.223. The van der Waals surface area contributed by atoms with Crippen LogP contribution in [0.5, 0.6) is 0 Å². The van der Waals surface area contributed by atoms with Gasteiger partial charge in [-0.25, -0.2) is 0 Å². The Morgan fingerprint density at radius 1 is 0.400 bits per heavy atom. The molecule has 0 unspecified atom stereocenters. The molecule has 0 amide bonds. The molecule has 0 bridgehead atoms. The van der Waals surface area contributed by atoms with Crippen LogP contribution in [0.3, 0.4) is 0 Å². The van der Waals surface area contributed by atoms with Crippen LogP contribution < -0.4 is 0 Å². The summed E-state index contributed by atoms with van der Waals surface area (Å²) in [5.41, 5.74) is 9.87. The first-order valence-electron chi connectivity index (χ1n) is 13.9. The number of benzene rings is 7. The summed E-state index contributed by atoms with van der Waals surface area (Å²) < 4.78 is 2.40. The van der Waals surface area contributed by atoms with E-state index in [1.807, 2.05) is 0 Å². The minimum atomic E-state index is 1.18. The first-order chi connectivity index (χ1) is 19.7. The lowest BCUT2D eigenvalue weighted by Gasteiger charge is -2.10. The maximum atomic E-state index is 2.40. The summed E-state index contributed by atoms with van der Waals surface area (Å²) in [4.78, 5) is 0. The fourth-order valence-corrected chi connectivity index (χ4v) is 6.19. The number of fused-ring (bicyclic) bond motifs is 5. The number of hydrogen-bond donors (Lipinski definition) is 0. The van der Waals surface area contributed by atoms with Gasteiger partial charge in [0.05, 0.1) is 11.0 Å². The third kappa shape index (κ3) is 3.63. The molecule has 0 aliphatic rings. The van der Waals surface area contributed by atoms with Gasteiger partial charge >= 0.3 is 0 Å². The van der Waals surface area contributed by atoms with Crippen LogP contribution in [0.25, 0.3) is 71.3 Å². The van der Waals surface area contributed by atoms with Gasteiger partial charge in [-0.15, -0.1) is 0 Å². The van der Waals surface area contributed by atoms with Gasteiger partial charge in [-0.05, 0) is 93.2 Å². The van der Waals surface area contributed by atoms with Gasteiger partial charge in [0.2, 0.25) is 0 Å². The molecule has 0 radical (unpaired) electrons. The summed E-state index contributed by atoms with van der Waals surface area (Å²) in [6, 6.07) is 53.3. The highest BCUT2D eigenvalue weighted by Gasteiger charge is 2.15. The normalized spacial score (nSPS) is 11.6. The number of hydrogen-bond acceptors (Lipinski definition) is 0. The molecule has 0 saturated carbocycles. The van der Waals surface area contributed by atoms with E-state index in [0.717, 1.165) is 0 Å². The van der Waals surface area contributed by atoms with Crippen LogP contribution in [-0.2, 0) is 0 Å².